The number of hydrogen-bond acceptors (Lipinski definition) is 22. The van der Waals surface area contributed by atoms with Crippen LogP contribution in [0.3, 0.4) is 0 Å². The quantitative estimate of drug-likeness (QED) is 0.0624. The van der Waals surface area contributed by atoms with Gasteiger partial charge in [-0.05, 0) is 62.2 Å². The minimum absolute atomic E-state index is 0.00794. The average molecular weight is 931 g/mol. The molecule has 3 saturated heterocycles. The Morgan fingerprint density at radius 2 is 1.36 bits per heavy atom. The van der Waals surface area contributed by atoms with E-state index in [2.05, 4.69) is 0 Å². The second-order valence-electron chi connectivity index (χ2n) is 16.0. The molecule has 0 bridgehead atoms. The van der Waals surface area contributed by atoms with Gasteiger partial charge in [0.05, 0.1) is 19.3 Å². The van der Waals surface area contributed by atoms with E-state index >= 15 is 0 Å². The van der Waals surface area contributed by atoms with E-state index in [1.54, 1.807) is 19.1 Å². The first kappa shape index (κ1) is 48.3. The Labute approximate surface area is 374 Å². The number of aryl methyl sites for hydroxylation is 1. The highest BCUT2D eigenvalue weighted by atomic mass is 16.8. The molecule has 3 aromatic carbocycles. The Hall–Kier alpha value is -5.60. The number of rotatable bonds is 12. The van der Waals surface area contributed by atoms with E-state index in [-0.39, 0.29) is 34.1 Å². The topological polar surface area (TPSA) is 344 Å². The lowest BCUT2D eigenvalue weighted by Gasteiger charge is -2.45. The molecule has 3 aliphatic rings. The van der Waals surface area contributed by atoms with Crippen molar-refractivity contribution in [3.63, 3.8) is 0 Å². The molecule has 4 heterocycles. The zero-order chi connectivity index (χ0) is 47.9. The summed E-state index contributed by atoms with van der Waals surface area (Å²) in [6.45, 7) is 3.71. The number of methoxy groups -OCH3 is 1. The Kier molecular flexibility index (Phi) is 14.4. The van der Waals surface area contributed by atoms with Crippen molar-refractivity contribution in [2.75, 3.05) is 13.7 Å². The van der Waals surface area contributed by atoms with Crippen LogP contribution in [0.15, 0.2) is 63.8 Å². The van der Waals surface area contributed by atoms with Crippen molar-refractivity contribution in [1.82, 2.24) is 0 Å². The number of fused-ring (bicyclic) bond motifs is 1. The second kappa shape index (κ2) is 19.7. The molecule has 1 aromatic heterocycles. The van der Waals surface area contributed by atoms with E-state index in [0.717, 1.165) is 18.2 Å². The number of aliphatic hydroxyl groups is 8. The van der Waals surface area contributed by atoms with Crippen molar-refractivity contribution in [1.29, 1.82) is 0 Å². The minimum atomic E-state index is -2.06. The zero-order valence-electron chi connectivity index (χ0n) is 35.6. The fourth-order valence-electron chi connectivity index (χ4n) is 7.47. The third-order valence-electron chi connectivity index (χ3n) is 11.4. The van der Waals surface area contributed by atoms with Crippen molar-refractivity contribution >= 4 is 23.0 Å². The number of ether oxygens (including phenoxy) is 8. The number of benzene rings is 3. The lowest BCUT2D eigenvalue weighted by molar-refractivity contribution is -0.354. The molecule has 4 aromatic rings. The van der Waals surface area contributed by atoms with Crippen LogP contribution in [0.5, 0.6) is 34.5 Å². The van der Waals surface area contributed by atoms with Crippen LogP contribution in [-0.2, 0) is 28.5 Å². The molecule has 3 aliphatic heterocycles. The normalized spacial score (nSPS) is 32.6. The summed E-state index contributed by atoms with van der Waals surface area (Å²) in [4.78, 5) is 27.5. The predicted octanol–water partition coefficient (Wildman–Crippen LogP) is -0.605. The van der Waals surface area contributed by atoms with Crippen LogP contribution in [0.25, 0.3) is 28.4 Å². The molecule has 15 atom stereocenters. The molecule has 0 aliphatic carbocycles. The van der Waals surface area contributed by atoms with Crippen LogP contribution < -0.4 is 19.6 Å². The van der Waals surface area contributed by atoms with Gasteiger partial charge in [0.25, 0.3) is 0 Å². The molecule has 0 amide bonds. The third-order valence-corrected chi connectivity index (χ3v) is 11.4. The summed E-state index contributed by atoms with van der Waals surface area (Å²) < 4.78 is 51.7. The second-order valence-corrected chi connectivity index (χ2v) is 16.0. The van der Waals surface area contributed by atoms with Crippen LogP contribution in [0.1, 0.15) is 25.0 Å². The summed E-state index contributed by atoms with van der Waals surface area (Å²) in [7, 11) is 1.24. The number of hydrogen-bond donors (Lipinski definition) is 11. The van der Waals surface area contributed by atoms with Gasteiger partial charge >= 0.3 is 5.97 Å². The number of esters is 1. The number of carbonyl (C=O) groups is 1. The van der Waals surface area contributed by atoms with E-state index < -0.39 is 133 Å². The van der Waals surface area contributed by atoms with Gasteiger partial charge in [0.15, 0.2) is 29.7 Å². The summed E-state index contributed by atoms with van der Waals surface area (Å²) in [6, 6.07) is 10.5. The lowest BCUT2D eigenvalue weighted by atomic mass is 9.97. The standard InChI is InChI=1S/C44H50O22/c1-16-5-6-19(11-23(16)46)7-10-28(48)59-15-27-32(51)36(55)41(66-43-38(57)35(54)31(50)18(3)61-43)44(64-27)65-40-33(52)29-24(47)13-21(62-42-37(56)34(53)30(49)17(2)60-42)14-26(29)63-39(40)20-8-9-22(45)25(12-20)58-4/h5-14,17-18,27,30-32,34-38,41-47,49-51,53-57H,15H2,1-4H3/b10-7+/t17?,18?,27?,30-,31-,32+,34-,35-,36-,37?,38?,41?,42-,43-,44-/m0/s1. The Morgan fingerprint density at radius 3 is 2.03 bits per heavy atom. The van der Waals surface area contributed by atoms with Crippen molar-refractivity contribution in [2.45, 2.75) is 113 Å². The van der Waals surface area contributed by atoms with Gasteiger partial charge in [0.2, 0.25) is 23.8 Å². The number of aromatic hydroxyl groups is 3. The highest BCUT2D eigenvalue weighted by Gasteiger charge is 2.52. The van der Waals surface area contributed by atoms with Crippen molar-refractivity contribution in [2.24, 2.45) is 0 Å². The Balaban J connectivity index is 1.27. The Bertz CT molecular complexity index is 2470. The van der Waals surface area contributed by atoms with E-state index in [9.17, 15) is 65.8 Å². The first-order valence-electron chi connectivity index (χ1n) is 20.5. The molecule has 7 rings (SSSR count). The molecule has 66 heavy (non-hydrogen) atoms. The molecule has 11 N–H and O–H groups in total. The fraction of sp³-hybridized carbons (Fsp3) is 0.455. The molecule has 358 valence electrons. The maximum atomic E-state index is 14.6. The van der Waals surface area contributed by atoms with Crippen molar-refractivity contribution < 1.29 is 103 Å². The van der Waals surface area contributed by atoms with Crippen LogP contribution >= 0.6 is 0 Å². The molecular weight excluding hydrogens is 880 g/mol. The van der Waals surface area contributed by atoms with Gasteiger partial charge in [0.1, 0.15) is 89.8 Å². The maximum Gasteiger partial charge on any atom is 0.330 e. The monoisotopic (exact) mass is 930 g/mol. The van der Waals surface area contributed by atoms with Gasteiger partial charge in [-0.3, -0.25) is 4.79 Å². The molecular formula is C44H50O22. The average Bonchev–Trinajstić information content (AvgIpc) is 3.28. The van der Waals surface area contributed by atoms with Crippen LogP contribution in [-0.4, -0.2) is 168 Å². The van der Waals surface area contributed by atoms with E-state index in [0.29, 0.717) is 11.1 Å². The molecule has 0 spiro atoms. The van der Waals surface area contributed by atoms with Gasteiger partial charge < -0.3 is 98.5 Å². The summed E-state index contributed by atoms with van der Waals surface area (Å²) >= 11 is 0. The highest BCUT2D eigenvalue weighted by Crippen LogP contribution is 2.41. The maximum absolute atomic E-state index is 14.6. The van der Waals surface area contributed by atoms with Crippen LogP contribution in [0, 0.1) is 6.92 Å². The summed E-state index contributed by atoms with van der Waals surface area (Å²) in [5.41, 5.74) is -0.434. The first-order valence-corrected chi connectivity index (χ1v) is 20.5. The molecule has 6 unspecified atom stereocenters. The van der Waals surface area contributed by atoms with Crippen molar-refractivity contribution in [3.8, 4) is 45.8 Å². The molecule has 0 radical (unpaired) electrons. The van der Waals surface area contributed by atoms with Crippen molar-refractivity contribution in [3.05, 3.63) is 76.0 Å². The fourth-order valence-corrected chi connectivity index (χ4v) is 7.47. The summed E-state index contributed by atoms with van der Waals surface area (Å²) in [5.74, 6) is -3.62. The zero-order valence-corrected chi connectivity index (χ0v) is 35.6. The third kappa shape index (κ3) is 9.76. The molecule has 3 fully saturated rings. The largest absolute Gasteiger partial charge is 0.508 e. The van der Waals surface area contributed by atoms with Gasteiger partial charge in [0, 0.05) is 23.8 Å². The molecule has 22 nitrogen and oxygen atoms in total. The summed E-state index contributed by atoms with van der Waals surface area (Å²) in [6.07, 6.45) is -23.0. The summed E-state index contributed by atoms with van der Waals surface area (Å²) in [5, 5.41) is 117. The lowest BCUT2D eigenvalue weighted by Crippen LogP contribution is -2.64. The molecule has 22 heteroatoms. The number of phenolic OH excluding ortho intramolecular Hbond substituents is 3. The van der Waals surface area contributed by atoms with Gasteiger partial charge in [-0.2, -0.15) is 0 Å². The van der Waals surface area contributed by atoms with Crippen LogP contribution in [0.2, 0.25) is 0 Å². The molecule has 0 saturated carbocycles. The minimum Gasteiger partial charge on any atom is -0.508 e. The number of phenols is 3. The van der Waals surface area contributed by atoms with E-state index in [1.165, 1.54) is 51.3 Å². The van der Waals surface area contributed by atoms with E-state index in [1.807, 2.05) is 0 Å². The van der Waals surface area contributed by atoms with Crippen LogP contribution in [0.4, 0.5) is 0 Å². The predicted molar refractivity (Wildman–Crippen MR) is 222 cm³/mol. The van der Waals surface area contributed by atoms with Gasteiger partial charge in [-0.15, -0.1) is 0 Å². The highest BCUT2D eigenvalue weighted by molar-refractivity contribution is 5.89. The number of aliphatic hydroxyl groups excluding tert-OH is 8. The SMILES string of the molecule is COc1cc(-c2oc3cc(O[C@@H]4OC(C)[C@H](O)[C@H](O)C4O)cc(O)c3c(=O)c2O[C@@H]2OC(COC(=O)/C=C/c3ccc(C)c(O)c3)[C@@H](O)[C@H](O)C2O[C@@H]2OC(C)[C@H](O)[C@H](O)C2O)ccc1O. The van der Waals surface area contributed by atoms with E-state index in [4.69, 9.17) is 42.3 Å². The van der Waals surface area contributed by atoms with Gasteiger partial charge in [-0.25, -0.2) is 4.79 Å². The smallest absolute Gasteiger partial charge is 0.330 e. The van der Waals surface area contributed by atoms with Gasteiger partial charge in [-0.1, -0.05) is 12.1 Å². The Morgan fingerprint density at radius 1 is 0.697 bits per heavy atom. The first-order chi connectivity index (χ1) is 31.3. The number of carbonyl (C=O) groups excluding carboxylic acids is 1.